The second kappa shape index (κ2) is 4.29. The molecule has 0 aromatic heterocycles. The van der Waals surface area contributed by atoms with E-state index in [2.05, 4.69) is 0 Å². The van der Waals surface area contributed by atoms with Crippen molar-refractivity contribution in [2.75, 3.05) is 0 Å². The van der Waals surface area contributed by atoms with Gasteiger partial charge in [-0.25, -0.2) is 4.79 Å². The summed E-state index contributed by atoms with van der Waals surface area (Å²) in [4.78, 5) is 21.3. The van der Waals surface area contributed by atoms with Crippen LogP contribution in [0.3, 0.4) is 0 Å². The van der Waals surface area contributed by atoms with Crippen LogP contribution >= 0.6 is 11.6 Å². The number of carbonyl (C=O) groups is 2. The quantitative estimate of drug-likeness (QED) is 0.721. The molecule has 0 fully saturated rings. The third kappa shape index (κ3) is 2.45. The van der Waals surface area contributed by atoms with Gasteiger partial charge in [0.05, 0.1) is 10.6 Å². The molecule has 1 aromatic carbocycles. The molecule has 0 unspecified atom stereocenters. The van der Waals surface area contributed by atoms with Crippen LogP contribution in [0.1, 0.15) is 22.0 Å². The molecule has 0 heterocycles. The fraction of sp³-hybridized carbons (Fsp3) is 0.111. The molecule has 4 N–H and O–H groups in total. The second-order valence-electron chi connectivity index (χ2n) is 2.86. The average molecular weight is 230 g/mol. The maximum Gasteiger partial charge on any atom is 0.337 e. The molecular weight excluding hydrogens is 222 g/mol. The summed E-state index contributed by atoms with van der Waals surface area (Å²) in [6, 6.07) is 2.60. The summed E-state index contributed by atoms with van der Waals surface area (Å²) in [7, 11) is 0. The van der Waals surface area contributed by atoms with Gasteiger partial charge in [0.25, 0.3) is 0 Å². The number of aromatic carboxylic acids is 1. The Morgan fingerprint density at radius 1 is 1.33 bits per heavy atom. The highest BCUT2D eigenvalue weighted by Gasteiger charge is 2.17. The lowest BCUT2D eigenvalue weighted by molar-refractivity contribution is -0.138. The largest absolute Gasteiger partial charge is 0.480 e. The van der Waals surface area contributed by atoms with Crippen LogP contribution in [0.25, 0.3) is 0 Å². The summed E-state index contributed by atoms with van der Waals surface area (Å²) in [6.07, 6.45) is 0. The predicted octanol–water partition coefficient (Wildman–Crippen LogP) is 1.12. The van der Waals surface area contributed by atoms with E-state index in [1.54, 1.807) is 0 Å². The molecule has 0 amide bonds. The fourth-order valence-electron chi connectivity index (χ4n) is 1.04. The monoisotopic (exact) mass is 229 g/mol. The number of nitrogens with two attached hydrogens (primary N) is 1. The fourth-order valence-corrected chi connectivity index (χ4v) is 1.24. The van der Waals surface area contributed by atoms with Gasteiger partial charge in [-0.2, -0.15) is 0 Å². The third-order valence-electron chi connectivity index (χ3n) is 1.85. The van der Waals surface area contributed by atoms with E-state index in [0.717, 1.165) is 6.07 Å². The van der Waals surface area contributed by atoms with E-state index in [0.29, 0.717) is 0 Å². The molecule has 1 rings (SSSR count). The summed E-state index contributed by atoms with van der Waals surface area (Å²) in [6.45, 7) is 0. The maximum atomic E-state index is 10.7. The predicted molar refractivity (Wildman–Crippen MR) is 53.0 cm³/mol. The first kappa shape index (κ1) is 11.5. The highest BCUT2D eigenvalue weighted by molar-refractivity contribution is 6.33. The number of hydrogen-bond donors (Lipinski definition) is 3. The van der Waals surface area contributed by atoms with Gasteiger partial charge in [-0.15, -0.1) is 0 Å². The Morgan fingerprint density at radius 3 is 2.40 bits per heavy atom. The van der Waals surface area contributed by atoms with Crippen LogP contribution < -0.4 is 5.73 Å². The lowest BCUT2D eigenvalue weighted by Gasteiger charge is -2.08. The molecule has 0 aliphatic heterocycles. The lowest BCUT2D eigenvalue weighted by Crippen LogP contribution is -2.21. The van der Waals surface area contributed by atoms with E-state index in [4.69, 9.17) is 27.5 Å². The average Bonchev–Trinajstić information content (AvgIpc) is 2.16. The first-order chi connectivity index (χ1) is 6.93. The molecule has 1 aromatic rings. The Labute approximate surface area is 90.1 Å². The lowest BCUT2D eigenvalue weighted by atomic mass is 10.0. The molecule has 1 atom stereocenters. The standard InChI is InChI=1S/C9H8ClNO4/c10-6-2-1-4(7(11)9(14)15)3-5(6)8(12)13/h1-3,7H,11H2,(H,12,13)(H,14,15)/t7-/m0/s1. The number of benzene rings is 1. The normalized spacial score (nSPS) is 12.1. The van der Waals surface area contributed by atoms with E-state index in [1.807, 2.05) is 0 Å². The molecule has 0 aliphatic rings. The minimum Gasteiger partial charge on any atom is -0.480 e. The van der Waals surface area contributed by atoms with Gasteiger partial charge in [-0.3, -0.25) is 4.79 Å². The summed E-state index contributed by atoms with van der Waals surface area (Å²) in [5, 5.41) is 17.4. The molecule has 80 valence electrons. The van der Waals surface area contributed by atoms with E-state index in [1.165, 1.54) is 12.1 Å². The highest BCUT2D eigenvalue weighted by Crippen LogP contribution is 2.20. The maximum absolute atomic E-state index is 10.7. The van der Waals surface area contributed by atoms with Crippen LogP contribution in [0.15, 0.2) is 18.2 Å². The van der Waals surface area contributed by atoms with Gasteiger partial charge in [0.1, 0.15) is 6.04 Å². The van der Waals surface area contributed by atoms with Crippen LogP contribution in [0, 0.1) is 0 Å². The Hall–Kier alpha value is -1.59. The first-order valence-corrected chi connectivity index (χ1v) is 4.32. The topological polar surface area (TPSA) is 101 Å². The van der Waals surface area contributed by atoms with E-state index in [-0.39, 0.29) is 16.1 Å². The van der Waals surface area contributed by atoms with Crippen molar-refractivity contribution in [3.63, 3.8) is 0 Å². The summed E-state index contributed by atoms with van der Waals surface area (Å²) < 4.78 is 0. The van der Waals surface area contributed by atoms with Gasteiger partial charge >= 0.3 is 11.9 Å². The van der Waals surface area contributed by atoms with Gasteiger partial charge in [-0.1, -0.05) is 17.7 Å². The van der Waals surface area contributed by atoms with Crippen LogP contribution in [0.4, 0.5) is 0 Å². The zero-order valence-electron chi connectivity index (χ0n) is 7.48. The molecule has 0 aliphatic carbocycles. The summed E-state index contributed by atoms with van der Waals surface area (Å²) >= 11 is 5.61. The first-order valence-electron chi connectivity index (χ1n) is 3.94. The van der Waals surface area contributed by atoms with Gasteiger partial charge in [0, 0.05) is 0 Å². The zero-order chi connectivity index (χ0) is 11.6. The second-order valence-corrected chi connectivity index (χ2v) is 3.27. The molecule has 0 saturated carbocycles. The van der Waals surface area contributed by atoms with Gasteiger partial charge in [0.2, 0.25) is 0 Å². The Morgan fingerprint density at radius 2 is 1.93 bits per heavy atom. The molecule has 5 nitrogen and oxygen atoms in total. The number of carboxylic acid groups (broad SMARTS) is 2. The molecule has 0 radical (unpaired) electrons. The Kier molecular flexibility index (Phi) is 3.28. The van der Waals surface area contributed by atoms with Gasteiger partial charge in [-0.05, 0) is 17.7 Å². The van der Waals surface area contributed by atoms with Crippen LogP contribution in [0.2, 0.25) is 5.02 Å². The Balaban J connectivity index is 3.18. The number of rotatable bonds is 3. The number of hydrogen-bond acceptors (Lipinski definition) is 3. The van der Waals surface area contributed by atoms with Crippen LogP contribution in [0.5, 0.6) is 0 Å². The van der Waals surface area contributed by atoms with Crippen molar-refractivity contribution in [3.8, 4) is 0 Å². The summed E-state index contributed by atoms with van der Waals surface area (Å²) in [5.41, 5.74) is 5.36. The van der Waals surface area contributed by atoms with E-state index in [9.17, 15) is 9.59 Å². The van der Waals surface area contributed by atoms with E-state index >= 15 is 0 Å². The van der Waals surface area contributed by atoms with Crippen molar-refractivity contribution < 1.29 is 19.8 Å². The number of carboxylic acids is 2. The van der Waals surface area contributed by atoms with Crippen molar-refractivity contribution >= 4 is 23.5 Å². The van der Waals surface area contributed by atoms with Gasteiger partial charge < -0.3 is 15.9 Å². The molecule has 15 heavy (non-hydrogen) atoms. The number of aliphatic carboxylic acids is 1. The highest BCUT2D eigenvalue weighted by atomic mass is 35.5. The molecule has 0 spiro atoms. The summed E-state index contributed by atoms with van der Waals surface area (Å²) in [5.74, 6) is -2.45. The molecule has 6 heteroatoms. The van der Waals surface area contributed by atoms with Crippen molar-refractivity contribution in [1.82, 2.24) is 0 Å². The molecule has 0 bridgehead atoms. The van der Waals surface area contributed by atoms with Crippen LogP contribution in [-0.2, 0) is 4.79 Å². The van der Waals surface area contributed by atoms with Gasteiger partial charge in [0.15, 0.2) is 0 Å². The minimum absolute atomic E-state index is 0.0452. The van der Waals surface area contributed by atoms with E-state index < -0.39 is 18.0 Å². The Bertz CT molecular complexity index is 419. The van der Waals surface area contributed by atoms with Crippen molar-refractivity contribution in [2.45, 2.75) is 6.04 Å². The SMILES string of the molecule is N[C@H](C(=O)O)c1ccc(Cl)c(C(=O)O)c1. The molecule has 0 saturated heterocycles. The molecular formula is C9H8ClNO4. The zero-order valence-corrected chi connectivity index (χ0v) is 8.23. The van der Waals surface area contributed by atoms with Crippen molar-refractivity contribution in [1.29, 1.82) is 0 Å². The minimum atomic E-state index is -1.25. The smallest absolute Gasteiger partial charge is 0.337 e. The van der Waals surface area contributed by atoms with Crippen molar-refractivity contribution in [2.24, 2.45) is 5.73 Å². The van der Waals surface area contributed by atoms with Crippen LogP contribution in [-0.4, -0.2) is 22.2 Å². The number of halogens is 1. The van der Waals surface area contributed by atoms with Crippen molar-refractivity contribution in [3.05, 3.63) is 34.3 Å². The third-order valence-corrected chi connectivity index (χ3v) is 2.18.